The van der Waals surface area contributed by atoms with E-state index in [1.165, 1.54) is 13.0 Å². The average Bonchev–Trinajstić information content (AvgIpc) is 2.80. The third-order valence-corrected chi connectivity index (χ3v) is 6.71. The van der Waals surface area contributed by atoms with Gasteiger partial charge in [0.2, 0.25) is 5.91 Å². The quantitative estimate of drug-likeness (QED) is 0.505. The number of carbonyl (C=O) groups excluding carboxylic acids is 2. The standard InChI is InChI=1S/C21H19F6N3O6S/c1-12(31)28-9-15-10-30(37(33,34)16-5-2-13(22)3-6-16)17-8-14(4-7-18(17)36-15)29-19(32)35-11-20(23,24)21(25,26)27/h2-8,15H,9-11H2,1H3,(H,28,31)(H,29,32). The number of hydrogen-bond acceptors (Lipinski definition) is 6. The number of nitrogens with one attached hydrogen (secondary N) is 2. The van der Waals surface area contributed by atoms with Gasteiger partial charge >= 0.3 is 18.2 Å². The number of alkyl halides is 5. The van der Waals surface area contributed by atoms with Crippen LogP contribution in [0.3, 0.4) is 0 Å². The van der Waals surface area contributed by atoms with Crippen LogP contribution in [0.4, 0.5) is 42.5 Å². The van der Waals surface area contributed by atoms with Crippen molar-refractivity contribution in [1.29, 1.82) is 0 Å². The molecule has 1 heterocycles. The lowest BCUT2D eigenvalue weighted by molar-refractivity contribution is -0.291. The smallest absolute Gasteiger partial charge is 0.456 e. The van der Waals surface area contributed by atoms with Crippen molar-refractivity contribution in [2.45, 2.75) is 30.0 Å². The van der Waals surface area contributed by atoms with Gasteiger partial charge in [-0.2, -0.15) is 22.0 Å². The fraction of sp³-hybridized carbons (Fsp3) is 0.333. The number of benzene rings is 2. The minimum Gasteiger partial charge on any atom is -0.484 e. The first kappa shape index (κ1) is 27.9. The van der Waals surface area contributed by atoms with Gasteiger partial charge in [0.15, 0.2) is 6.61 Å². The van der Waals surface area contributed by atoms with E-state index < -0.39 is 52.7 Å². The Balaban J connectivity index is 1.89. The summed E-state index contributed by atoms with van der Waals surface area (Å²) in [6.45, 7) is -1.44. The van der Waals surface area contributed by atoms with Gasteiger partial charge in [0.05, 0.1) is 23.7 Å². The lowest BCUT2D eigenvalue weighted by Crippen LogP contribution is -2.48. The van der Waals surface area contributed by atoms with E-state index in [9.17, 15) is 44.3 Å². The minimum absolute atomic E-state index is 0.0187. The molecule has 0 spiro atoms. The molecule has 9 nitrogen and oxygen atoms in total. The van der Waals surface area contributed by atoms with Crippen molar-refractivity contribution in [1.82, 2.24) is 5.32 Å². The van der Waals surface area contributed by atoms with Crippen LogP contribution in [0.2, 0.25) is 0 Å². The maximum atomic E-state index is 13.3. The number of anilines is 2. The molecule has 2 amide bonds. The monoisotopic (exact) mass is 555 g/mol. The number of carbonyl (C=O) groups is 2. The Bertz CT molecular complexity index is 1270. The van der Waals surface area contributed by atoms with Gasteiger partial charge in [-0.3, -0.25) is 14.4 Å². The first-order chi connectivity index (χ1) is 17.1. The first-order valence-electron chi connectivity index (χ1n) is 10.3. The van der Waals surface area contributed by atoms with Crippen molar-refractivity contribution < 1.29 is 53.8 Å². The number of amides is 2. The molecule has 0 radical (unpaired) electrons. The van der Waals surface area contributed by atoms with Crippen molar-refractivity contribution in [3.05, 3.63) is 48.3 Å². The molecule has 1 atom stereocenters. The summed E-state index contributed by atoms with van der Waals surface area (Å²) in [6.07, 6.45) is -8.45. The van der Waals surface area contributed by atoms with Gasteiger partial charge in [0.25, 0.3) is 10.0 Å². The van der Waals surface area contributed by atoms with Crippen LogP contribution in [0.5, 0.6) is 5.75 Å². The van der Waals surface area contributed by atoms with E-state index in [0.717, 1.165) is 40.7 Å². The summed E-state index contributed by atoms with van der Waals surface area (Å²) in [5, 5.41) is 4.43. The van der Waals surface area contributed by atoms with E-state index in [0.29, 0.717) is 0 Å². The normalized spacial score (nSPS) is 15.9. The summed E-state index contributed by atoms with van der Waals surface area (Å²) >= 11 is 0. The minimum atomic E-state index is -5.93. The van der Waals surface area contributed by atoms with E-state index in [2.05, 4.69) is 10.1 Å². The Hall–Kier alpha value is -3.69. The van der Waals surface area contributed by atoms with Crippen LogP contribution in [-0.2, 0) is 19.6 Å². The summed E-state index contributed by atoms with van der Waals surface area (Å²) in [5.74, 6) is -6.39. The third kappa shape index (κ3) is 6.55. The van der Waals surface area contributed by atoms with Gasteiger partial charge in [-0.15, -0.1) is 0 Å². The topological polar surface area (TPSA) is 114 Å². The van der Waals surface area contributed by atoms with Crippen LogP contribution in [0.25, 0.3) is 0 Å². The lowest BCUT2D eigenvalue weighted by Gasteiger charge is -2.35. The van der Waals surface area contributed by atoms with Crippen LogP contribution in [0.15, 0.2) is 47.4 Å². The molecule has 1 aliphatic heterocycles. The zero-order valence-electron chi connectivity index (χ0n) is 18.8. The summed E-state index contributed by atoms with van der Waals surface area (Å²) < 4.78 is 113. The molecule has 1 aliphatic rings. The van der Waals surface area contributed by atoms with Crippen molar-refractivity contribution in [3.63, 3.8) is 0 Å². The predicted molar refractivity (Wildman–Crippen MR) is 116 cm³/mol. The summed E-state index contributed by atoms with van der Waals surface area (Å²) in [4.78, 5) is 22.8. The van der Waals surface area contributed by atoms with Crippen LogP contribution >= 0.6 is 0 Å². The Morgan fingerprint density at radius 3 is 2.35 bits per heavy atom. The second kappa shape index (κ2) is 10.4. The van der Waals surface area contributed by atoms with Gasteiger partial charge in [-0.05, 0) is 42.5 Å². The molecule has 3 rings (SSSR count). The van der Waals surface area contributed by atoms with Crippen molar-refractivity contribution in [2.75, 3.05) is 29.3 Å². The molecule has 0 fully saturated rings. The highest BCUT2D eigenvalue weighted by atomic mass is 32.2. The zero-order valence-corrected chi connectivity index (χ0v) is 19.6. The molecular weight excluding hydrogens is 536 g/mol. The fourth-order valence-electron chi connectivity index (χ4n) is 3.11. The highest BCUT2D eigenvalue weighted by molar-refractivity contribution is 7.92. The zero-order chi connectivity index (χ0) is 27.6. The highest BCUT2D eigenvalue weighted by Gasteiger charge is 2.58. The third-order valence-electron chi connectivity index (χ3n) is 4.92. The average molecular weight is 555 g/mol. The molecule has 1 unspecified atom stereocenters. The van der Waals surface area contributed by atoms with Crippen LogP contribution < -0.4 is 19.7 Å². The second-order valence-corrected chi connectivity index (χ2v) is 9.62. The van der Waals surface area contributed by atoms with Crippen molar-refractivity contribution in [3.8, 4) is 5.75 Å². The number of fused-ring (bicyclic) bond motifs is 1. The van der Waals surface area contributed by atoms with Gasteiger partial charge in [0.1, 0.15) is 17.7 Å². The number of hydrogen-bond donors (Lipinski definition) is 2. The van der Waals surface area contributed by atoms with Gasteiger partial charge in [0, 0.05) is 12.6 Å². The second-order valence-electron chi connectivity index (χ2n) is 7.75. The number of halogens is 6. The summed E-state index contributed by atoms with van der Waals surface area (Å²) in [7, 11) is -4.35. The van der Waals surface area contributed by atoms with Crippen molar-refractivity contribution >= 4 is 33.4 Å². The molecule has 0 saturated carbocycles. The van der Waals surface area contributed by atoms with Crippen molar-refractivity contribution in [2.24, 2.45) is 0 Å². The molecule has 202 valence electrons. The Morgan fingerprint density at radius 2 is 1.76 bits per heavy atom. The SMILES string of the molecule is CC(=O)NCC1CN(S(=O)(=O)c2ccc(F)cc2)c2cc(NC(=O)OCC(F)(F)C(F)(F)F)ccc2O1. The molecule has 0 aromatic heterocycles. The van der Waals surface area contributed by atoms with Crippen LogP contribution in [0, 0.1) is 5.82 Å². The maximum absolute atomic E-state index is 13.3. The number of ether oxygens (including phenoxy) is 2. The fourth-order valence-corrected chi connectivity index (χ4v) is 4.61. The van der Waals surface area contributed by atoms with Crippen LogP contribution in [0.1, 0.15) is 6.92 Å². The number of sulfonamides is 1. The van der Waals surface area contributed by atoms with E-state index in [4.69, 9.17) is 4.74 Å². The Labute approximate surface area is 206 Å². The largest absolute Gasteiger partial charge is 0.484 e. The molecule has 37 heavy (non-hydrogen) atoms. The van der Waals surface area contributed by atoms with E-state index in [1.54, 1.807) is 0 Å². The summed E-state index contributed by atoms with van der Waals surface area (Å²) in [5.41, 5.74) is -0.357. The Morgan fingerprint density at radius 1 is 1.11 bits per heavy atom. The highest BCUT2D eigenvalue weighted by Crippen LogP contribution is 2.39. The molecule has 2 aromatic carbocycles. The van der Waals surface area contributed by atoms with E-state index in [-0.39, 0.29) is 35.1 Å². The van der Waals surface area contributed by atoms with E-state index in [1.807, 2.05) is 5.32 Å². The van der Waals surface area contributed by atoms with Gasteiger partial charge < -0.3 is 14.8 Å². The molecule has 2 aromatic rings. The summed E-state index contributed by atoms with van der Waals surface area (Å²) in [6, 6.07) is 7.31. The molecule has 0 saturated heterocycles. The molecule has 16 heteroatoms. The van der Waals surface area contributed by atoms with Crippen LogP contribution in [-0.4, -0.2) is 58.3 Å². The number of rotatable bonds is 7. The molecular formula is C21H19F6N3O6S. The van der Waals surface area contributed by atoms with E-state index >= 15 is 0 Å². The van der Waals surface area contributed by atoms with Gasteiger partial charge in [-0.25, -0.2) is 17.6 Å². The predicted octanol–water partition coefficient (Wildman–Crippen LogP) is 3.66. The molecule has 2 N–H and O–H groups in total. The first-order valence-corrected chi connectivity index (χ1v) is 11.8. The Kier molecular flexibility index (Phi) is 7.80. The number of nitrogens with zero attached hydrogens (tertiary/aromatic N) is 1. The van der Waals surface area contributed by atoms with Gasteiger partial charge in [-0.1, -0.05) is 0 Å². The maximum Gasteiger partial charge on any atom is 0.456 e. The molecule has 0 bridgehead atoms. The molecule has 0 aliphatic carbocycles. The lowest BCUT2D eigenvalue weighted by atomic mass is 10.2.